The molecule has 0 aliphatic heterocycles. The molecule has 1 amide bonds. The van der Waals surface area contributed by atoms with Crippen LogP contribution < -0.4 is 5.32 Å². The minimum Gasteiger partial charge on any atom is -0.372 e. The largest absolute Gasteiger partial charge is 0.372 e. The Bertz CT molecular complexity index is 209. The number of hydrogen-bond acceptors (Lipinski definition) is 3. The van der Waals surface area contributed by atoms with Gasteiger partial charge in [0.25, 0.3) is 0 Å². The average molecular weight is 235 g/mol. The number of rotatable bonds is 8. The zero-order valence-corrected chi connectivity index (χ0v) is 10.6. The van der Waals surface area contributed by atoms with Gasteiger partial charge in [-0.1, -0.05) is 13.8 Å². The lowest BCUT2D eigenvalue weighted by Crippen LogP contribution is -2.30. The van der Waals surface area contributed by atoms with E-state index in [0.717, 1.165) is 12.8 Å². The summed E-state index contributed by atoms with van der Waals surface area (Å²) in [5, 5.41) is 2.86. The molecule has 4 nitrogen and oxygen atoms in total. The first kappa shape index (κ1) is 14.6. The summed E-state index contributed by atoms with van der Waals surface area (Å²) in [5.41, 5.74) is 0. The van der Waals surface area contributed by atoms with Gasteiger partial charge in [-0.2, -0.15) is 0 Å². The van der Waals surface area contributed by atoms with Gasteiger partial charge in [0, 0.05) is 35.5 Å². The third-order valence-corrected chi connectivity index (χ3v) is 3.39. The van der Waals surface area contributed by atoms with Crippen LogP contribution in [0.2, 0.25) is 0 Å². The van der Waals surface area contributed by atoms with Gasteiger partial charge >= 0.3 is 0 Å². The molecule has 0 heterocycles. The molecule has 0 radical (unpaired) electrons. The summed E-state index contributed by atoms with van der Waals surface area (Å²) in [6, 6.07) is 0. The van der Waals surface area contributed by atoms with E-state index in [1.54, 1.807) is 6.26 Å². The molecular formula is C10H21NO3S. The molecule has 0 aromatic rings. The number of ether oxygens (including phenoxy) is 1. The molecule has 2 unspecified atom stereocenters. The Morgan fingerprint density at radius 1 is 1.53 bits per heavy atom. The normalized spacial score (nSPS) is 14.6. The predicted molar refractivity (Wildman–Crippen MR) is 62.3 cm³/mol. The molecule has 0 aliphatic carbocycles. The van der Waals surface area contributed by atoms with Gasteiger partial charge in [-0.15, -0.1) is 0 Å². The van der Waals surface area contributed by atoms with E-state index in [4.69, 9.17) is 4.74 Å². The molecular weight excluding hydrogens is 214 g/mol. The summed E-state index contributed by atoms with van der Waals surface area (Å²) in [6.45, 7) is 5.21. The SMILES string of the molecule is CCCOCC(=O)NCCC(C)S(C)=O. The van der Waals surface area contributed by atoms with Crippen LogP contribution >= 0.6 is 0 Å². The molecule has 5 heteroatoms. The van der Waals surface area contributed by atoms with Crippen LogP contribution in [0.25, 0.3) is 0 Å². The minimum atomic E-state index is -0.814. The fourth-order valence-corrected chi connectivity index (χ4v) is 1.39. The molecule has 90 valence electrons. The van der Waals surface area contributed by atoms with Crippen LogP contribution in [0.3, 0.4) is 0 Å². The predicted octanol–water partition coefficient (Wildman–Crippen LogP) is 0.686. The van der Waals surface area contributed by atoms with Crippen molar-refractivity contribution in [1.29, 1.82) is 0 Å². The molecule has 1 N–H and O–H groups in total. The van der Waals surface area contributed by atoms with Crippen molar-refractivity contribution in [3.63, 3.8) is 0 Å². The summed E-state index contributed by atoms with van der Waals surface area (Å²) < 4.78 is 16.1. The van der Waals surface area contributed by atoms with Crippen molar-refractivity contribution >= 4 is 16.7 Å². The molecule has 0 fully saturated rings. The Balaban J connectivity index is 3.42. The monoisotopic (exact) mass is 235 g/mol. The lowest BCUT2D eigenvalue weighted by atomic mass is 10.3. The second kappa shape index (κ2) is 8.85. The second-order valence-corrected chi connectivity index (χ2v) is 5.30. The quantitative estimate of drug-likeness (QED) is 0.630. The molecule has 2 atom stereocenters. The fraction of sp³-hybridized carbons (Fsp3) is 0.900. The molecule has 0 aromatic carbocycles. The molecule has 0 aromatic heterocycles. The maximum Gasteiger partial charge on any atom is 0.245 e. The maximum absolute atomic E-state index is 11.2. The van der Waals surface area contributed by atoms with Crippen molar-refractivity contribution in [2.75, 3.05) is 26.0 Å². The van der Waals surface area contributed by atoms with Gasteiger partial charge in [-0.3, -0.25) is 9.00 Å². The van der Waals surface area contributed by atoms with Gasteiger partial charge in [0.15, 0.2) is 0 Å². The zero-order chi connectivity index (χ0) is 11.7. The van der Waals surface area contributed by atoms with Crippen LogP contribution in [0.5, 0.6) is 0 Å². The number of carbonyl (C=O) groups is 1. The van der Waals surface area contributed by atoms with Gasteiger partial charge in [0.05, 0.1) is 0 Å². The number of hydrogen-bond donors (Lipinski definition) is 1. The highest BCUT2D eigenvalue weighted by molar-refractivity contribution is 7.84. The first-order chi connectivity index (χ1) is 7.07. The topological polar surface area (TPSA) is 55.4 Å². The van der Waals surface area contributed by atoms with Gasteiger partial charge in [-0.05, 0) is 12.8 Å². The van der Waals surface area contributed by atoms with Crippen LogP contribution in [0.4, 0.5) is 0 Å². The Labute approximate surface area is 94.2 Å². The van der Waals surface area contributed by atoms with Crippen LogP contribution in [-0.4, -0.2) is 41.4 Å². The highest BCUT2D eigenvalue weighted by Crippen LogP contribution is 1.96. The molecule has 0 bridgehead atoms. The minimum absolute atomic E-state index is 0.0995. The maximum atomic E-state index is 11.2. The van der Waals surface area contributed by atoms with E-state index in [-0.39, 0.29) is 17.8 Å². The van der Waals surface area contributed by atoms with Crippen LogP contribution in [0, 0.1) is 0 Å². The summed E-state index contributed by atoms with van der Waals surface area (Å²) in [4.78, 5) is 11.2. The van der Waals surface area contributed by atoms with Crippen LogP contribution in [0.1, 0.15) is 26.7 Å². The van der Waals surface area contributed by atoms with Crippen molar-refractivity contribution in [3.05, 3.63) is 0 Å². The van der Waals surface area contributed by atoms with E-state index in [9.17, 15) is 9.00 Å². The molecule has 0 aliphatic rings. The van der Waals surface area contributed by atoms with E-state index >= 15 is 0 Å². The van der Waals surface area contributed by atoms with Crippen molar-refractivity contribution < 1.29 is 13.7 Å². The Kier molecular flexibility index (Phi) is 8.61. The summed E-state index contributed by atoms with van der Waals surface area (Å²) >= 11 is 0. The van der Waals surface area contributed by atoms with Gasteiger partial charge in [-0.25, -0.2) is 0 Å². The number of nitrogens with one attached hydrogen (secondary N) is 1. The van der Waals surface area contributed by atoms with Crippen molar-refractivity contribution in [2.24, 2.45) is 0 Å². The third-order valence-electron chi connectivity index (χ3n) is 2.02. The van der Waals surface area contributed by atoms with E-state index in [0.29, 0.717) is 13.2 Å². The second-order valence-electron chi connectivity index (χ2n) is 3.50. The summed E-state index contributed by atoms with van der Waals surface area (Å²) in [6.07, 6.45) is 3.33. The first-order valence-electron chi connectivity index (χ1n) is 5.24. The standard InChI is InChI=1S/C10H21NO3S/c1-4-7-14-8-10(12)11-6-5-9(2)15(3)13/h9H,4-8H2,1-3H3,(H,11,12). The van der Waals surface area contributed by atoms with Gasteiger partial charge in [0.1, 0.15) is 6.61 Å². The number of carbonyl (C=O) groups excluding carboxylic acids is 1. The van der Waals surface area contributed by atoms with Crippen molar-refractivity contribution in [3.8, 4) is 0 Å². The fourth-order valence-electron chi connectivity index (χ4n) is 0.941. The lowest BCUT2D eigenvalue weighted by molar-refractivity contribution is -0.125. The number of amides is 1. The van der Waals surface area contributed by atoms with Crippen molar-refractivity contribution in [1.82, 2.24) is 5.32 Å². The highest BCUT2D eigenvalue weighted by Gasteiger charge is 2.06. The molecule has 15 heavy (non-hydrogen) atoms. The Morgan fingerprint density at radius 2 is 2.20 bits per heavy atom. The summed E-state index contributed by atoms with van der Waals surface area (Å²) in [7, 11) is -0.814. The van der Waals surface area contributed by atoms with E-state index in [1.807, 2.05) is 13.8 Å². The molecule has 0 rings (SSSR count). The molecule has 0 saturated carbocycles. The lowest BCUT2D eigenvalue weighted by Gasteiger charge is -2.09. The van der Waals surface area contributed by atoms with E-state index < -0.39 is 10.8 Å². The zero-order valence-electron chi connectivity index (χ0n) is 9.75. The Hall–Kier alpha value is -0.420. The van der Waals surface area contributed by atoms with E-state index in [1.165, 1.54) is 0 Å². The molecule has 0 saturated heterocycles. The van der Waals surface area contributed by atoms with Gasteiger partial charge in [0.2, 0.25) is 5.91 Å². The first-order valence-corrected chi connectivity index (χ1v) is 6.86. The van der Waals surface area contributed by atoms with Crippen molar-refractivity contribution in [2.45, 2.75) is 31.9 Å². The van der Waals surface area contributed by atoms with Crippen LogP contribution in [0.15, 0.2) is 0 Å². The molecule has 0 spiro atoms. The van der Waals surface area contributed by atoms with E-state index in [2.05, 4.69) is 5.32 Å². The third kappa shape index (κ3) is 8.57. The summed E-state index contributed by atoms with van der Waals surface area (Å²) in [5.74, 6) is -0.0995. The van der Waals surface area contributed by atoms with Crippen LogP contribution in [-0.2, 0) is 20.3 Å². The van der Waals surface area contributed by atoms with Gasteiger partial charge < -0.3 is 10.1 Å². The Morgan fingerprint density at radius 3 is 2.73 bits per heavy atom. The average Bonchev–Trinajstić information content (AvgIpc) is 2.18. The smallest absolute Gasteiger partial charge is 0.245 e. The highest BCUT2D eigenvalue weighted by atomic mass is 32.2.